The molecule has 1 unspecified atom stereocenters. The molecule has 0 fully saturated rings. The molecule has 0 aliphatic carbocycles. The molecule has 0 aromatic heterocycles. The van der Waals surface area contributed by atoms with Crippen molar-refractivity contribution in [2.45, 2.75) is 38.7 Å². The number of hydrogen-bond donors (Lipinski definition) is 1. The molecular weight excluding hydrogens is 284 g/mol. The predicted octanol–water partition coefficient (Wildman–Crippen LogP) is 3.92. The normalized spacial score (nSPS) is 12.8. The van der Waals surface area contributed by atoms with Gasteiger partial charge in [0, 0.05) is 17.7 Å². The molecule has 2 nitrogen and oxygen atoms in total. The van der Waals surface area contributed by atoms with E-state index in [1.165, 1.54) is 0 Å². The van der Waals surface area contributed by atoms with Crippen molar-refractivity contribution in [3.8, 4) is 0 Å². The van der Waals surface area contributed by atoms with E-state index in [1.807, 2.05) is 24.3 Å². The van der Waals surface area contributed by atoms with Crippen LogP contribution in [0.3, 0.4) is 0 Å². The Morgan fingerprint density at radius 1 is 1.35 bits per heavy atom. The molecule has 20 heavy (non-hydrogen) atoms. The van der Waals surface area contributed by atoms with Gasteiger partial charge in [-0.25, -0.2) is 8.78 Å². The van der Waals surface area contributed by atoms with E-state index >= 15 is 0 Å². The zero-order chi connectivity index (χ0) is 14.8. The first kappa shape index (κ1) is 17.3. The molecule has 0 bridgehead atoms. The molecule has 0 saturated carbocycles. The van der Waals surface area contributed by atoms with Gasteiger partial charge in [-0.3, -0.25) is 0 Å². The van der Waals surface area contributed by atoms with E-state index in [4.69, 9.17) is 16.3 Å². The van der Waals surface area contributed by atoms with E-state index in [2.05, 4.69) is 12.2 Å². The summed E-state index contributed by atoms with van der Waals surface area (Å²) in [6.45, 7) is 2.85. The van der Waals surface area contributed by atoms with E-state index in [0.29, 0.717) is 18.1 Å². The standard InChI is InChI=1S/C15H22ClF2NO/c1-2-7-19-14(6-8-20-11-15(17)18)10-12-4-3-5-13(16)9-12/h3-5,9,14-15,19H,2,6-8,10-11H2,1H3. The average molecular weight is 306 g/mol. The smallest absolute Gasteiger partial charge is 0.261 e. The van der Waals surface area contributed by atoms with E-state index < -0.39 is 13.0 Å². The van der Waals surface area contributed by atoms with Crippen molar-refractivity contribution in [1.29, 1.82) is 0 Å². The van der Waals surface area contributed by atoms with Crippen LogP contribution < -0.4 is 5.32 Å². The zero-order valence-corrected chi connectivity index (χ0v) is 12.5. The summed E-state index contributed by atoms with van der Waals surface area (Å²) < 4.78 is 28.9. The molecule has 0 heterocycles. The number of hydrogen-bond acceptors (Lipinski definition) is 2. The molecule has 0 spiro atoms. The van der Waals surface area contributed by atoms with E-state index in [1.54, 1.807) is 0 Å². The molecule has 114 valence electrons. The fourth-order valence-electron chi connectivity index (χ4n) is 1.97. The van der Waals surface area contributed by atoms with Gasteiger partial charge in [-0.1, -0.05) is 30.7 Å². The molecule has 1 N–H and O–H groups in total. The fraction of sp³-hybridized carbons (Fsp3) is 0.600. The minimum atomic E-state index is -2.40. The monoisotopic (exact) mass is 305 g/mol. The summed E-state index contributed by atoms with van der Waals surface area (Å²) in [6.07, 6.45) is 0.159. The van der Waals surface area contributed by atoms with Gasteiger partial charge >= 0.3 is 0 Å². The van der Waals surface area contributed by atoms with Crippen LogP contribution in [0.2, 0.25) is 5.02 Å². The summed E-state index contributed by atoms with van der Waals surface area (Å²) in [6, 6.07) is 7.92. The van der Waals surface area contributed by atoms with Crippen molar-refractivity contribution in [1.82, 2.24) is 5.32 Å². The van der Waals surface area contributed by atoms with Crippen molar-refractivity contribution in [3.05, 3.63) is 34.9 Å². The van der Waals surface area contributed by atoms with Crippen molar-refractivity contribution < 1.29 is 13.5 Å². The quantitative estimate of drug-likeness (QED) is 0.662. The number of rotatable bonds is 10. The highest BCUT2D eigenvalue weighted by atomic mass is 35.5. The second kappa shape index (κ2) is 10.1. The second-order valence-corrected chi connectivity index (χ2v) is 5.18. The van der Waals surface area contributed by atoms with Crippen LogP contribution in [0.15, 0.2) is 24.3 Å². The fourth-order valence-corrected chi connectivity index (χ4v) is 2.18. The lowest BCUT2D eigenvalue weighted by atomic mass is 10.0. The summed E-state index contributed by atoms with van der Waals surface area (Å²) in [5.41, 5.74) is 1.14. The van der Waals surface area contributed by atoms with Crippen molar-refractivity contribution >= 4 is 11.6 Å². The minimum Gasteiger partial charge on any atom is -0.375 e. The Labute approximate surface area is 124 Å². The Hall–Kier alpha value is -0.710. The molecule has 0 amide bonds. The summed E-state index contributed by atoms with van der Waals surface area (Å²) >= 11 is 5.97. The number of ether oxygens (including phenoxy) is 1. The van der Waals surface area contributed by atoms with Gasteiger partial charge in [-0.05, 0) is 43.5 Å². The second-order valence-electron chi connectivity index (χ2n) is 4.74. The molecule has 1 rings (SSSR count). The van der Waals surface area contributed by atoms with Gasteiger partial charge in [0.2, 0.25) is 0 Å². The first-order valence-electron chi connectivity index (χ1n) is 6.95. The highest BCUT2D eigenvalue weighted by Gasteiger charge is 2.10. The summed E-state index contributed by atoms with van der Waals surface area (Å²) in [4.78, 5) is 0. The Morgan fingerprint density at radius 3 is 2.80 bits per heavy atom. The van der Waals surface area contributed by atoms with E-state index in [9.17, 15) is 8.78 Å². The first-order valence-corrected chi connectivity index (χ1v) is 7.33. The molecule has 5 heteroatoms. The summed E-state index contributed by atoms with van der Waals surface area (Å²) in [5, 5.41) is 4.13. The Kier molecular flexibility index (Phi) is 8.74. The van der Waals surface area contributed by atoms with Crippen molar-refractivity contribution in [3.63, 3.8) is 0 Å². The summed E-state index contributed by atoms with van der Waals surface area (Å²) in [5.74, 6) is 0. The minimum absolute atomic E-state index is 0.214. The third-order valence-electron chi connectivity index (χ3n) is 2.91. The van der Waals surface area contributed by atoms with Gasteiger partial charge in [0.1, 0.15) is 6.61 Å². The lowest BCUT2D eigenvalue weighted by Crippen LogP contribution is -2.33. The predicted molar refractivity (Wildman–Crippen MR) is 78.7 cm³/mol. The molecule has 0 aliphatic rings. The molecular formula is C15H22ClF2NO. The van der Waals surface area contributed by atoms with Crippen LogP contribution in [-0.4, -0.2) is 32.2 Å². The Balaban J connectivity index is 2.42. The van der Waals surface area contributed by atoms with Crippen molar-refractivity contribution in [2.75, 3.05) is 19.8 Å². The van der Waals surface area contributed by atoms with Gasteiger partial charge in [0.25, 0.3) is 6.43 Å². The molecule has 1 aromatic rings. The number of halogens is 3. The number of benzene rings is 1. The van der Waals surface area contributed by atoms with Crippen LogP contribution in [0.1, 0.15) is 25.3 Å². The molecule has 0 radical (unpaired) electrons. The van der Waals surface area contributed by atoms with Crippen LogP contribution in [-0.2, 0) is 11.2 Å². The highest BCUT2D eigenvalue weighted by Crippen LogP contribution is 2.13. The Bertz CT molecular complexity index is 377. The maximum Gasteiger partial charge on any atom is 0.261 e. The lowest BCUT2D eigenvalue weighted by Gasteiger charge is -2.19. The van der Waals surface area contributed by atoms with Gasteiger partial charge < -0.3 is 10.1 Å². The molecule has 0 saturated heterocycles. The van der Waals surface area contributed by atoms with Crippen LogP contribution >= 0.6 is 11.6 Å². The largest absolute Gasteiger partial charge is 0.375 e. The van der Waals surface area contributed by atoms with E-state index in [-0.39, 0.29) is 6.04 Å². The maximum absolute atomic E-state index is 12.0. The molecule has 0 aliphatic heterocycles. The molecule has 1 aromatic carbocycles. The zero-order valence-electron chi connectivity index (χ0n) is 11.7. The SMILES string of the molecule is CCCNC(CCOCC(F)F)Cc1cccc(Cl)c1. The summed E-state index contributed by atoms with van der Waals surface area (Å²) in [7, 11) is 0. The van der Waals surface area contributed by atoms with Crippen LogP contribution in [0.25, 0.3) is 0 Å². The van der Waals surface area contributed by atoms with Gasteiger partial charge in [0.15, 0.2) is 0 Å². The topological polar surface area (TPSA) is 21.3 Å². The average Bonchev–Trinajstić information content (AvgIpc) is 2.40. The first-order chi connectivity index (χ1) is 9.61. The van der Waals surface area contributed by atoms with Crippen LogP contribution in [0.5, 0.6) is 0 Å². The number of nitrogens with one attached hydrogen (secondary N) is 1. The van der Waals surface area contributed by atoms with Gasteiger partial charge in [-0.15, -0.1) is 0 Å². The van der Waals surface area contributed by atoms with E-state index in [0.717, 1.165) is 24.9 Å². The highest BCUT2D eigenvalue weighted by molar-refractivity contribution is 6.30. The molecule has 1 atom stereocenters. The van der Waals surface area contributed by atoms with Crippen LogP contribution in [0, 0.1) is 0 Å². The van der Waals surface area contributed by atoms with Gasteiger partial charge in [-0.2, -0.15) is 0 Å². The Morgan fingerprint density at radius 2 is 2.15 bits per heavy atom. The lowest BCUT2D eigenvalue weighted by molar-refractivity contribution is 0.0144. The van der Waals surface area contributed by atoms with Crippen LogP contribution in [0.4, 0.5) is 8.78 Å². The third-order valence-corrected chi connectivity index (χ3v) is 3.14. The maximum atomic E-state index is 12.0. The number of alkyl halides is 2. The van der Waals surface area contributed by atoms with Crippen molar-refractivity contribution in [2.24, 2.45) is 0 Å². The third kappa shape index (κ3) is 7.78. The van der Waals surface area contributed by atoms with Gasteiger partial charge in [0.05, 0.1) is 0 Å².